The maximum atomic E-state index is 12.1. The molecule has 0 aliphatic rings. The standard InChI is InChI=1S/C21H36O6/c1-3-26-17-11-5-8-14-21(20(24)25,16-10-7-13-19(22)23)15-9-6-12-18-27-4-2/h3-4H,1-2,5-18H2,(H,22,23)(H,24,25). The molecule has 0 heterocycles. The minimum Gasteiger partial charge on any atom is -0.502 e. The minimum absolute atomic E-state index is 0.0908. The molecule has 0 spiro atoms. The molecule has 0 aliphatic carbocycles. The quantitative estimate of drug-likeness (QED) is 0.223. The Hall–Kier alpha value is -1.98. The van der Waals surface area contributed by atoms with Gasteiger partial charge >= 0.3 is 11.9 Å². The smallest absolute Gasteiger partial charge is 0.309 e. The van der Waals surface area contributed by atoms with Gasteiger partial charge in [-0.05, 0) is 38.5 Å². The third-order valence-electron chi connectivity index (χ3n) is 4.82. The molecule has 0 atom stereocenters. The summed E-state index contributed by atoms with van der Waals surface area (Å²) in [6, 6.07) is 0. The van der Waals surface area contributed by atoms with Gasteiger partial charge in [-0.2, -0.15) is 0 Å². The summed E-state index contributed by atoms with van der Waals surface area (Å²) in [5.41, 5.74) is -0.767. The highest BCUT2D eigenvalue weighted by atomic mass is 16.5. The summed E-state index contributed by atoms with van der Waals surface area (Å²) in [5.74, 6) is -1.59. The zero-order valence-corrected chi connectivity index (χ0v) is 16.5. The van der Waals surface area contributed by atoms with E-state index in [9.17, 15) is 14.7 Å². The van der Waals surface area contributed by atoms with Crippen LogP contribution in [-0.4, -0.2) is 35.4 Å². The molecule has 0 amide bonds. The molecule has 0 unspecified atom stereocenters. The van der Waals surface area contributed by atoms with E-state index in [1.165, 1.54) is 12.5 Å². The van der Waals surface area contributed by atoms with Gasteiger partial charge in [0.15, 0.2) is 0 Å². The summed E-state index contributed by atoms with van der Waals surface area (Å²) >= 11 is 0. The highest BCUT2D eigenvalue weighted by Gasteiger charge is 2.36. The number of unbranched alkanes of at least 4 members (excludes halogenated alkanes) is 5. The third kappa shape index (κ3) is 12.9. The minimum atomic E-state index is -0.833. The highest BCUT2D eigenvalue weighted by Crippen LogP contribution is 2.37. The van der Waals surface area contributed by atoms with Gasteiger partial charge in [0.1, 0.15) is 0 Å². The average Bonchev–Trinajstić information content (AvgIpc) is 2.63. The summed E-state index contributed by atoms with van der Waals surface area (Å²) in [4.78, 5) is 22.8. The molecule has 0 saturated carbocycles. The van der Waals surface area contributed by atoms with Crippen LogP contribution in [0.15, 0.2) is 25.7 Å². The van der Waals surface area contributed by atoms with E-state index in [-0.39, 0.29) is 6.42 Å². The van der Waals surface area contributed by atoms with Gasteiger partial charge in [0, 0.05) is 6.42 Å². The molecule has 27 heavy (non-hydrogen) atoms. The molecule has 0 fully saturated rings. The first-order chi connectivity index (χ1) is 13.0. The highest BCUT2D eigenvalue weighted by molar-refractivity contribution is 5.74. The molecular weight excluding hydrogens is 348 g/mol. The predicted molar refractivity (Wildman–Crippen MR) is 105 cm³/mol. The lowest BCUT2D eigenvalue weighted by Crippen LogP contribution is -2.31. The number of aliphatic carboxylic acids is 2. The van der Waals surface area contributed by atoms with E-state index >= 15 is 0 Å². The van der Waals surface area contributed by atoms with Crippen LogP contribution in [0.5, 0.6) is 0 Å². The van der Waals surface area contributed by atoms with Crippen LogP contribution >= 0.6 is 0 Å². The summed E-state index contributed by atoms with van der Waals surface area (Å²) in [6.07, 6.45) is 11.0. The summed E-state index contributed by atoms with van der Waals surface area (Å²) in [7, 11) is 0. The lowest BCUT2D eigenvalue weighted by atomic mass is 9.74. The van der Waals surface area contributed by atoms with E-state index in [4.69, 9.17) is 14.6 Å². The number of carboxylic acid groups (broad SMARTS) is 2. The maximum absolute atomic E-state index is 12.1. The number of carboxylic acids is 2. The first-order valence-corrected chi connectivity index (χ1v) is 9.88. The van der Waals surface area contributed by atoms with Crippen molar-refractivity contribution >= 4 is 11.9 Å². The zero-order valence-electron chi connectivity index (χ0n) is 16.5. The molecule has 156 valence electrons. The molecule has 2 N–H and O–H groups in total. The third-order valence-corrected chi connectivity index (χ3v) is 4.82. The maximum Gasteiger partial charge on any atom is 0.309 e. The van der Waals surface area contributed by atoms with Crippen LogP contribution in [0.2, 0.25) is 0 Å². The molecule has 0 radical (unpaired) electrons. The van der Waals surface area contributed by atoms with Gasteiger partial charge in [-0.3, -0.25) is 9.59 Å². The van der Waals surface area contributed by atoms with E-state index in [1.54, 1.807) is 0 Å². The van der Waals surface area contributed by atoms with Crippen molar-refractivity contribution in [1.29, 1.82) is 0 Å². The summed E-state index contributed by atoms with van der Waals surface area (Å²) in [5, 5.41) is 18.7. The molecule has 0 aromatic heterocycles. The molecule has 0 bridgehead atoms. The average molecular weight is 385 g/mol. The van der Waals surface area contributed by atoms with Gasteiger partial charge in [0.2, 0.25) is 0 Å². The Morgan fingerprint density at radius 1 is 0.741 bits per heavy atom. The molecular formula is C21H36O6. The molecule has 0 rings (SSSR count). The van der Waals surface area contributed by atoms with Gasteiger partial charge in [-0.1, -0.05) is 45.3 Å². The van der Waals surface area contributed by atoms with Crippen molar-refractivity contribution in [3.05, 3.63) is 25.7 Å². The van der Waals surface area contributed by atoms with Gasteiger partial charge in [-0.25, -0.2) is 0 Å². The second-order valence-electron chi connectivity index (χ2n) is 6.88. The Morgan fingerprint density at radius 2 is 1.19 bits per heavy atom. The number of hydrogen-bond donors (Lipinski definition) is 2. The van der Waals surface area contributed by atoms with Gasteiger partial charge in [0.05, 0.1) is 31.2 Å². The van der Waals surface area contributed by atoms with Crippen molar-refractivity contribution in [1.82, 2.24) is 0 Å². The Morgan fingerprint density at radius 3 is 1.56 bits per heavy atom. The lowest BCUT2D eigenvalue weighted by molar-refractivity contribution is -0.150. The zero-order chi connectivity index (χ0) is 20.4. The van der Waals surface area contributed by atoms with Crippen molar-refractivity contribution in [3.63, 3.8) is 0 Å². The Bertz CT molecular complexity index is 412. The fraction of sp³-hybridized carbons (Fsp3) is 0.714. The molecule has 0 aromatic carbocycles. The Kier molecular flexibility index (Phi) is 15.0. The monoisotopic (exact) mass is 384 g/mol. The van der Waals surface area contributed by atoms with E-state index in [0.717, 1.165) is 38.5 Å². The van der Waals surface area contributed by atoms with Crippen LogP contribution in [0, 0.1) is 5.41 Å². The summed E-state index contributed by atoms with van der Waals surface area (Å²) in [6.45, 7) is 8.20. The van der Waals surface area contributed by atoms with Crippen LogP contribution in [-0.2, 0) is 19.1 Å². The van der Waals surface area contributed by atoms with Gasteiger partial charge in [-0.15, -0.1) is 0 Å². The van der Waals surface area contributed by atoms with Crippen LogP contribution < -0.4 is 0 Å². The molecule has 0 saturated heterocycles. The van der Waals surface area contributed by atoms with Crippen molar-refractivity contribution in [3.8, 4) is 0 Å². The fourth-order valence-corrected chi connectivity index (χ4v) is 3.25. The first-order valence-electron chi connectivity index (χ1n) is 9.88. The number of ether oxygens (including phenoxy) is 2. The van der Waals surface area contributed by atoms with Crippen LogP contribution in [0.25, 0.3) is 0 Å². The SMILES string of the molecule is C=COCCCCCC(CCCCCOC=C)(CCCCC(=O)O)C(=O)O. The first kappa shape index (κ1) is 25.0. The predicted octanol–water partition coefficient (Wildman–Crippen LogP) is 5.14. The van der Waals surface area contributed by atoms with Crippen molar-refractivity contribution in [2.24, 2.45) is 5.41 Å². The van der Waals surface area contributed by atoms with Crippen molar-refractivity contribution in [2.75, 3.05) is 13.2 Å². The number of carbonyl (C=O) groups is 2. The van der Waals surface area contributed by atoms with Gasteiger partial charge in [0.25, 0.3) is 0 Å². The van der Waals surface area contributed by atoms with Crippen molar-refractivity contribution < 1.29 is 29.3 Å². The Labute approximate surface area is 163 Å². The van der Waals surface area contributed by atoms with E-state index < -0.39 is 17.4 Å². The van der Waals surface area contributed by atoms with E-state index in [0.29, 0.717) is 45.3 Å². The van der Waals surface area contributed by atoms with Crippen LogP contribution in [0.4, 0.5) is 0 Å². The van der Waals surface area contributed by atoms with Crippen LogP contribution in [0.3, 0.4) is 0 Å². The lowest BCUT2D eigenvalue weighted by Gasteiger charge is -2.30. The second kappa shape index (κ2) is 16.2. The summed E-state index contributed by atoms with van der Waals surface area (Å²) < 4.78 is 10.2. The number of hydrogen-bond acceptors (Lipinski definition) is 4. The topological polar surface area (TPSA) is 93.1 Å². The second-order valence-corrected chi connectivity index (χ2v) is 6.88. The Balaban J connectivity index is 4.57. The van der Waals surface area contributed by atoms with Gasteiger partial charge < -0.3 is 19.7 Å². The molecule has 6 nitrogen and oxygen atoms in total. The molecule has 6 heteroatoms. The molecule has 0 aromatic rings. The normalized spacial score (nSPS) is 11.0. The van der Waals surface area contributed by atoms with Crippen molar-refractivity contribution in [2.45, 2.75) is 77.0 Å². The largest absolute Gasteiger partial charge is 0.502 e. The van der Waals surface area contributed by atoms with E-state index in [2.05, 4.69) is 13.2 Å². The fourth-order valence-electron chi connectivity index (χ4n) is 3.25. The van der Waals surface area contributed by atoms with E-state index in [1.807, 2.05) is 0 Å². The van der Waals surface area contributed by atoms with Crippen LogP contribution in [0.1, 0.15) is 77.0 Å². The number of rotatable bonds is 20. The molecule has 0 aliphatic heterocycles.